The van der Waals surface area contributed by atoms with Crippen LogP contribution in [0.4, 0.5) is 0 Å². The molecule has 0 aliphatic carbocycles. The number of methoxy groups -OCH3 is 1. The van der Waals surface area contributed by atoms with E-state index in [9.17, 15) is 0 Å². The Kier molecular flexibility index (Phi) is 6.33. The van der Waals surface area contributed by atoms with Gasteiger partial charge in [0.1, 0.15) is 5.75 Å². The Bertz CT molecular complexity index is 329. The van der Waals surface area contributed by atoms with Gasteiger partial charge in [-0.3, -0.25) is 4.99 Å². The van der Waals surface area contributed by atoms with Crippen LogP contribution in [0, 0.1) is 0 Å². The van der Waals surface area contributed by atoms with Crippen LogP contribution in [0.5, 0.6) is 5.75 Å². The van der Waals surface area contributed by atoms with Gasteiger partial charge in [0, 0.05) is 12.8 Å². The zero-order chi connectivity index (χ0) is 12.5. The Morgan fingerprint density at radius 1 is 1.18 bits per heavy atom. The molecule has 0 aliphatic rings. The van der Waals surface area contributed by atoms with Gasteiger partial charge < -0.3 is 9.64 Å². The molecular formula is C14H22N2O. The van der Waals surface area contributed by atoms with E-state index in [4.69, 9.17) is 4.74 Å². The van der Waals surface area contributed by atoms with Gasteiger partial charge in [0.2, 0.25) is 0 Å². The van der Waals surface area contributed by atoms with E-state index in [-0.39, 0.29) is 0 Å². The van der Waals surface area contributed by atoms with Gasteiger partial charge in [-0.2, -0.15) is 0 Å². The third kappa shape index (κ3) is 5.00. The smallest absolute Gasteiger partial charge is 0.118 e. The lowest BCUT2D eigenvalue weighted by molar-refractivity contribution is 0.313. The zero-order valence-electron chi connectivity index (χ0n) is 11.0. The van der Waals surface area contributed by atoms with Crippen molar-refractivity contribution in [3.05, 3.63) is 29.8 Å². The summed E-state index contributed by atoms with van der Waals surface area (Å²) in [6.45, 7) is 8.42. The average molecular weight is 234 g/mol. The van der Waals surface area contributed by atoms with Crippen molar-refractivity contribution in [3.8, 4) is 5.75 Å². The topological polar surface area (TPSA) is 24.8 Å². The van der Waals surface area contributed by atoms with E-state index in [0.717, 1.165) is 37.5 Å². The SMILES string of the molecule is CCN(CC)CCN=Cc1ccc(OC)cc1. The number of aliphatic imine (C=N–C) groups is 1. The van der Waals surface area contributed by atoms with Crippen molar-refractivity contribution in [2.45, 2.75) is 13.8 Å². The minimum atomic E-state index is 0.855. The molecule has 0 aliphatic heterocycles. The second-order valence-electron chi connectivity index (χ2n) is 3.84. The third-order valence-electron chi connectivity index (χ3n) is 2.80. The van der Waals surface area contributed by atoms with Gasteiger partial charge in [0.25, 0.3) is 0 Å². The number of likely N-dealkylation sites (N-methyl/N-ethyl adjacent to an activating group) is 1. The predicted molar refractivity (Wildman–Crippen MR) is 73.2 cm³/mol. The molecule has 0 atom stereocenters. The summed E-state index contributed by atoms with van der Waals surface area (Å²) >= 11 is 0. The molecule has 3 heteroatoms. The van der Waals surface area contributed by atoms with Gasteiger partial charge in [-0.05, 0) is 42.9 Å². The van der Waals surface area contributed by atoms with Crippen molar-refractivity contribution in [2.24, 2.45) is 4.99 Å². The summed E-state index contributed by atoms with van der Waals surface area (Å²) in [4.78, 5) is 6.79. The van der Waals surface area contributed by atoms with Crippen molar-refractivity contribution < 1.29 is 4.74 Å². The van der Waals surface area contributed by atoms with Crippen LogP contribution in [-0.4, -0.2) is 44.4 Å². The number of benzene rings is 1. The Hall–Kier alpha value is -1.35. The van der Waals surface area contributed by atoms with Crippen LogP contribution in [0.3, 0.4) is 0 Å². The molecular weight excluding hydrogens is 212 g/mol. The fraction of sp³-hybridized carbons (Fsp3) is 0.500. The fourth-order valence-electron chi connectivity index (χ4n) is 1.60. The van der Waals surface area contributed by atoms with Crippen molar-refractivity contribution in [1.29, 1.82) is 0 Å². The minimum Gasteiger partial charge on any atom is -0.497 e. The van der Waals surface area contributed by atoms with E-state index in [1.807, 2.05) is 30.5 Å². The Labute approximate surface area is 104 Å². The summed E-state index contributed by atoms with van der Waals surface area (Å²) in [5, 5.41) is 0. The highest BCUT2D eigenvalue weighted by Crippen LogP contribution is 2.09. The van der Waals surface area contributed by atoms with Crippen molar-refractivity contribution in [3.63, 3.8) is 0 Å². The molecule has 0 bridgehead atoms. The van der Waals surface area contributed by atoms with Crippen LogP contribution >= 0.6 is 0 Å². The first kappa shape index (κ1) is 13.7. The summed E-state index contributed by atoms with van der Waals surface area (Å²) in [6, 6.07) is 7.93. The van der Waals surface area contributed by atoms with E-state index in [2.05, 4.69) is 23.7 Å². The molecule has 1 rings (SSSR count). The molecule has 0 fully saturated rings. The van der Waals surface area contributed by atoms with E-state index < -0.39 is 0 Å². The maximum absolute atomic E-state index is 5.10. The van der Waals surface area contributed by atoms with E-state index in [1.54, 1.807) is 7.11 Å². The van der Waals surface area contributed by atoms with Gasteiger partial charge in [-0.25, -0.2) is 0 Å². The largest absolute Gasteiger partial charge is 0.497 e. The lowest BCUT2D eigenvalue weighted by Crippen LogP contribution is -2.25. The molecule has 0 N–H and O–H groups in total. The summed E-state index contributed by atoms with van der Waals surface area (Å²) in [5.74, 6) is 0.880. The fourth-order valence-corrected chi connectivity index (χ4v) is 1.60. The normalized spacial score (nSPS) is 11.3. The average Bonchev–Trinajstić information content (AvgIpc) is 2.40. The van der Waals surface area contributed by atoms with Gasteiger partial charge >= 0.3 is 0 Å². The predicted octanol–water partition coefficient (Wildman–Crippen LogP) is 2.46. The highest BCUT2D eigenvalue weighted by atomic mass is 16.5. The molecule has 0 radical (unpaired) electrons. The number of nitrogens with zero attached hydrogens (tertiary/aromatic N) is 2. The first-order chi connectivity index (χ1) is 8.30. The quantitative estimate of drug-likeness (QED) is 0.677. The van der Waals surface area contributed by atoms with Crippen LogP contribution in [0.2, 0.25) is 0 Å². The Morgan fingerprint density at radius 3 is 2.35 bits per heavy atom. The molecule has 0 aromatic heterocycles. The molecule has 0 heterocycles. The molecule has 0 amide bonds. The zero-order valence-corrected chi connectivity index (χ0v) is 11.0. The molecule has 1 aromatic rings. The van der Waals surface area contributed by atoms with Crippen LogP contribution in [0.15, 0.2) is 29.3 Å². The van der Waals surface area contributed by atoms with E-state index in [1.165, 1.54) is 0 Å². The molecule has 0 saturated carbocycles. The van der Waals surface area contributed by atoms with Crippen LogP contribution in [-0.2, 0) is 0 Å². The van der Waals surface area contributed by atoms with Gasteiger partial charge in [-0.1, -0.05) is 13.8 Å². The Balaban J connectivity index is 2.37. The van der Waals surface area contributed by atoms with Crippen LogP contribution in [0.25, 0.3) is 0 Å². The minimum absolute atomic E-state index is 0.855. The van der Waals surface area contributed by atoms with Crippen molar-refractivity contribution >= 4 is 6.21 Å². The number of hydrogen-bond donors (Lipinski definition) is 0. The molecule has 94 valence electrons. The molecule has 1 aromatic carbocycles. The summed E-state index contributed by atoms with van der Waals surface area (Å²) in [6.07, 6.45) is 1.92. The summed E-state index contributed by atoms with van der Waals surface area (Å²) in [5.41, 5.74) is 1.12. The lowest BCUT2D eigenvalue weighted by atomic mass is 10.2. The monoisotopic (exact) mass is 234 g/mol. The van der Waals surface area contributed by atoms with E-state index >= 15 is 0 Å². The van der Waals surface area contributed by atoms with Crippen molar-refractivity contribution in [2.75, 3.05) is 33.3 Å². The maximum atomic E-state index is 5.10. The second-order valence-corrected chi connectivity index (χ2v) is 3.84. The highest BCUT2D eigenvalue weighted by Gasteiger charge is 1.96. The van der Waals surface area contributed by atoms with Gasteiger partial charge in [0.05, 0.1) is 13.7 Å². The maximum Gasteiger partial charge on any atom is 0.118 e. The van der Waals surface area contributed by atoms with Crippen molar-refractivity contribution in [1.82, 2.24) is 4.90 Å². The Morgan fingerprint density at radius 2 is 1.82 bits per heavy atom. The number of hydrogen-bond acceptors (Lipinski definition) is 3. The van der Waals surface area contributed by atoms with Gasteiger partial charge in [0.15, 0.2) is 0 Å². The van der Waals surface area contributed by atoms with Gasteiger partial charge in [-0.15, -0.1) is 0 Å². The lowest BCUT2D eigenvalue weighted by Gasteiger charge is -2.15. The standard InChI is InChI=1S/C14H22N2O/c1-4-16(5-2)11-10-15-12-13-6-8-14(17-3)9-7-13/h6-9,12H,4-5,10-11H2,1-3H3. The summed E-state index contributed by atoms with van der Waals surface area (Å²) in [7, 11) is 1.67. The molecule has 0 spiro atoms. The van der Waals surface area contributed by atoms with Crippen LogP contribution in [0.1, 0.15) is 19.4 Å². The molecule has 0 unspecified atom stereocenters. The molecule has 0 saturated heterocycles. The number of rotatable bonds is 7. The molecule has 17 heavy (non-hydrogen) atoms. The third-order valence-corrected chi connectivity index (χ3v) is 2.80. The second kappa shape index (κ2) is 7.85. The van der Waals surface area contributed by atoms with E-state index in [0.29, 0.717) is 0 Å². The first-order valence-corrected chi connectivity index (χ1v) is 6.16. The highest BCUT2D eigenvalue weighted by molar-refractivity contribution is 5.79. The number of ether oxygens (including phenoxy) is 1. The molecule has 3 nitrogen and oxygen atoms in total. The first-order valence-electron chi connectivity index (χ1n) is 6.16. The summed E-state index contributed by atoms with van der Waals surface area (Å²) < 4.78 is 5.10. The van der Waals surface area contributed by atoms with Crippen LogP contribution < -0.4 is 4.74 Å².